The van der Waals surface area contributed by atoms with Crippen LogP contribution in [-0.2, 0) is 35.2 Å². The molecule has 8 N–H and O–H groups in total. The number of nitrogens with one attached hydrogen (secondary N) is 4. The predicted octanol–water partition coefficient (Wildman–Crippen LogP) is 1.52. The van der Waals surface area contributed by atoms with Crippen molar-refractivity contribution in [2.24, 2.45) is 17.6 Å². The molecule has 0 bridgehead atoms. The van der Waals surface area contributed by atoms with Crippen molar-refractivity contribution in [1.82, 2.24) is 25.8 Å². The number of nitrogens with two attached hydrogens (primary N) is 1. The fourth-order valence-electron chi connectivity index (χ4n) is 5.82. The van der Waals surface area contributed by atoms with E-state index in [0.29, 0.717) is 19.3 Å². The predicted molar refractivity (Wildman–Crippen MR) is 174 cm³/mol. The maximum atomic E-state index is 14.1. The third kappa shape index (κ3) is 10.0. The Morgan fingerprint density at radius 3 is 2.32 bits per heavy atom. The second-order valence-corrected chi connectivity index (χ2v) is 12.8. The molecule has 258 valence electrons. The van der Waals surface area contributed by atoms with Crippen LogP contribution in [0.25, 0.3) is 10.9 Å². The number of likely N-dealkylation sites (tertiary alicyclic amines) is 1. The van der Waals surface area contributed by atoms with E-state index in [-0.39, 0.29) is 44.1 Å². The lowest BCUT2D eigenvalue weighted by atomic mass is 9.96. The minimum absolute atomic E-state index is 0.00973. The first-order chi connectivity index (χ1) is 22.2. The molecule has 4 amide bonds. The standard InChI is InChI=1S/C33H48N6O8/c1-5-19(4)28(31(44)37-25(33(46)47)15-18(2)3)38-30(43)26-11-8-14-39(26)32(45)24(36-29(42)22(34)12-13-27(40)41)16-20-17-35-23-10-7-6-9-21(20)23/h6-7,9-10,17-19,22,24-26,28,35H,5,8,11-16,34H2,1-4H3,(H,36,42)(H,37,44)(H,38,43)(H,40,41)(H,46,47)/t19-,22-,24-,25-,26-,28-/m0/s1. The minimum Gasteiger partial charge on any atom is -0.481 e. The summed E-state index contributed by atoms with van der Waals surface area (Å²) in [6.45, 7) is 7.56. The molecule has 0 unspecified atom stereocenters. The molecule has 1 aromatic heterocycles. The van der Waals surface area contributed by atoms with Gasteiger partial charge in [0, 0.05) is 36.5 Å². The number of fused-ring (bicyclic) bond motifs is 1. The Hall–Kier alpha value is -4.46. The number of aromatic nitrogens is 1. The molecule has 2 heterocycles. The van der Waals surface area contributed by atoms with Gasteiger partial charge in [-0.2, -0.15) is 0 Å². The van der Waals surface area contributed by atoms with Gasteiger partial charge in [-0.05, 0) is 49.1 Å². The number of H-pyrrole nitrogens is 1. The number of rotatable bonds is 17. The summed E-state index contributed by atoms with van der Waals surface area (Å²) in [6, 6.07) is 2.10. The Morgan fingerprint density at radius 1 is 1.00 bits per heavy atom. The van der Waals surface area contributed by atoms with E-state index in [0.717, 1.165) is 16.5 Å². The Morgan fingerprint density at radius 2 is 1.68 bits per heavy atom. The third-order valence-electron chi connectivity index (χ3n) is 8.67. The fraction of sp³-hybridized carbons (Fsp3) is 0.576. The number of aromatic amines is 1. The molecule has 0 spiro atoms. The van der Waals surface area contributed by atoms with Gasteiger partial charge in [-0.3, -0.25) is 24.0 Å². The van der Waals surface area contributed by atoms with Crippen LogP contribution in [0.4, 0.5) is 0 Å². The number of aliphatic carboxylic acids is 2. The molecule has 1 aliphatic rings. The normalized spacial score (nSPS) is 17.8. The molecule has 0 aliphatic carbocycles. The van der Waals surface area contributed by atoms with E-state index in [2.05, 4.69) is 20.9 Å². The highest BCUT2D eigenvalue weighted by Crippen LogP contribution is 2.24. The lowest BCUT2D eigenvalue weighted by Crippen LogP contribution is -2.59. The second-order valence-electron chi connectivity index (χ2n) is 12.8. The number of amides is 4. The first-order valence-corrected chi connectivity index (χ1v) is 16.2. The molecule has 1 aliphatic heterocycles. The molecule has 14 nitrogen and oxygen atoms in total. The summed E-state index contributed by atoms with van der Waals surface area (Å²) in [6.07, 6.45) is 2.95. The lowest BCUT2D eigenvalue weighted by molar-refractivity contribution is -0.144. The van der Waals surface area contributed by atoms with Gasteiger partial charge in [0.25, 0.3) is 0 Å². The zero-order chi connectivity index (χ0) is 34.8. The average molecular weight is 657 g/mol. The molecule has 1 aromatic carbocycles. The number of carbonyl (C=O) groups is 6. The molecular formula is C33H48N6O8. The molecule has 1 fully saturated rings. The number of para-hydroxylation sites is 1. The maximum absolute atomic E-state index is 14.1. The van der Waals surface area contributed by atoms with Gasteiger partial charge < -0.3 is 41.8 Å². The minimum atomic E-state index is -1.17. The van der Waals surface area contributed by atoms with Crippen molar-refractivity contribution in [3.63, 3.8) is 0 Å². The first-order valence-electron chi connectivity index (χ1n) is 16.2. The van der Waals surface area contributed by atoms with Crippen LogP contribution >= 0.6 is 0 Å². The van der Waals surface area contributed by atoms with Crippen molar-refractivity contribution in [1.29, 1.82) is 0 Å². The maximum Gasteiger partial charge on any atom is 0.326 e. The van der Waals surface area contributed by atoms with Gasteiger partial charge in [-0.15, -0.1) is 0 Å². The Bertz CT molecular complexity index is 1440. The van der Waals surface area contributed by atoms with E-state index in [9.17, 15) is 33.9 Å². The highest BCUT2D eigenvalue weighted by Gasteiger charge is 2.40. The molecule has 14 heteroatoms. The second kappa shape index (κ2) is 16.9. The van der Waals surface area contributed by atoms with Crippen LogP contribution < -0.4 is 21.7 Å². The van der Waals surface area contributed by atoms with Gasteiger partial charge in [0.1, 0.15) is 24.2 Å². The van der Waals surface area contributed by atoms with Crippen molar-refractivity contribution in [3.8, 4) is 0 Å². The summed E-state index contributed by atoms with van der Waals surface area (Å²) in [5, 5.41) is 27.6. The smallest absolute Gasteiger partial charge is 0.326 e. The van der Waals surface area contributed by atoms with E-state index < -0.39 is 65.8 Å². The van der Waals surface area contributed by atoms with Crippen molar-refractivity contribution in [2.75, 3.05) is 6.54 Å². The largest absolute Gasteiger partial charge is 0.481 e. The van der Waals surface area contributed by atoms with Crippen LogP contribution in [0.3, 0.4) is 0 Å². The molecule has 3 rings (SSSR count). The van der Waals surface area contributed by atoms with Crippen molar-refractivity contribution in [2.45, 2.75) is 103 Å². The van der Waals surface area contributed by atoms with Crippen molar-refractivity contribution < 1.29 is 39.0 Å². The van der Waals surface area contributed by atoms with E-state index in [1.807, 2.05) is 45.0 Å². The lowest BCUT2D eigenvalue weighted by Gasteiger charge is -2.31. The number of carbonyl (C=O) groups excluding carboxylic acids is 4. The number of carboxylic acids is 2. The van der Waals surface area contributed by atoms with Crippen LogP contribution in [0.2, 0.25) is 0 Å². The van der Waals surface area contributed by atoms with Gasteiger partial charge in [-0.1, -0.05) is 52.3 Å². The average Bonchev–Trinajstić information content (AvgIpc) is 3.68. The topological polar surface area (TPSA) is 224 Å². The third-order valence-corrected chi connectivity index (χ3v) is 8.67. The fourth-order valence-corrected chi connectivity index (χ4v) is 5.82. The SMILES string of the molecule is CC[C@H](C)[C@H](NC(=O)[C@@H]1CCCN1C(=O)[C@H](Cc1c[nH]c2ccccc12)NC(=O)[C@@H](N)CCC(=O)O)C(=O)N[C@@H](CC(C)C)C(=O)O. The van der Waals surface area contributed by atoms with E-state index in [1.54, 1.807) is 13.1 Å². The Balaban J connectivity index is 1.83. The molecule has 1 saturated heterocycles. The Kier molecular flexibility index (Phi) is 13.3. The summed E-state index contributed by atoms with van der Waals surface area (Å²) in [5.74, 6) is -4.96. The van der Waals surface area contributed by atoms with Crippen molar-refractivity contribution >= 4 is 46.5 Å². The summed E-state index contributed by atoms with van der Waals surface area (Å²) in [5.41, 5.74) is 7.55. The number of nitrogens with zero attached hydrogens (tertiary/aromatic N) is 1. The summed E-state index contributed by atoms with van der Waals surface area (Å²) in [4.78, 5) is 81.6. The molecule has 47 heavy (non-hydrogen) atoms. The zero-order valence-corrected chi connectivity index (χ0v) is 27.5. The monoisotopic (exact) mass is 656 g/mol. The van der Waals surface area contributed by atoms with Crippen LogP contribution in [0.1, 0.15) is 71.8 Å². The number of carboxylic acid groups (broad SMARTS) is 2. The van der Waals surface area contributed by atoms with E-state index in [1.165, 1.54) is 4.90 Å². The zero-order valence-electron chi connectivity index (χ0n) is 27.5. The van der Waals surface area contributed by atoms with Crippen molar-refractivity contribution in [3.05, 3.63) is 36.0 Å². The van der Waals surface area contributed by atoms with Gasteiger partial charge in [0.2, 0.25) is 23.6 Å². The molecule has 0 radical (unpaired) electrons. The van der Waals surface area contributed by atoms with Gasteiger partial charge in [0.05, 0.1) is 6.04 Å². The van der Waals surface area contributed by atoms with Crippen LogP contribution in [-0.4, -0.2) is 92.4 Å². The van der Waals surface area contributed by atoms with E-state index >= 15 is 0 Å². The quantitative estimate of drug-likeness (QED) is 0.131. The molecular weight excluding hydrogens is 608 g/mol. The van der Waals surface area contributed by atoms with Crippen LogP contribution in [0.5, 0.6) is 0 Å². The van der Waals surface area contributed by atoms with Gasteiger partial charge >= 0.3 is 11.9 Å². The number of hydrogen-bond donors (Lipinski definition) is 7. The molecule has 2 aromatic rings. The first kappa shape index (κ1) is 37.0. The highest BCUT2D eigenvalue weighted by atomic mass is 16.4. The summed E-state index contributed by atoms with van der Waals surface area (Å²) < 4.78 is 0. The number of benzene rings is 1. The van der Waals surface area contributed by atoms with Crippen LogP contribution in [0.15, 0.2) is 30.5 Å². The number of hydrogen-bond acceptors (Lipinski definition) is 7. The van der Waals surface area contributed by atoms with E-state index in [4.69, 9.17) is 10.8 Å². The van der Waals surface area contributed by atoms with Gasteiger partial charge in [-0.25, -0.2) is 4.79 Å². The molecule has 0 saturated carbocycles. The highest BCUT2D eigenvalue weighted by molar-refractivity contribution is 5.96. The Labute approximate surface area is 274 Å². The summed E-state index contributed by atoms with van der Waals surface area (Å²) in [7, 11) is 0. The van der Waals surface area contributed by atoms with Crippen LogP contribution in [0, 0.1) is 11.8 Å². The summed E-state index contributed by atoms with van der Waals surface area (Å²) >= 11 is 0. The molecule has 6 atom stereocenters. The van der Waals surface area contributed by atoms with Gasteiger partial charge in [0.15, 0.2) is 0 Å².